The maximum Gasteiger partial charge on any atom is 0.107 e. The fourth-order valence-electron chi connectivity index (χ4n) is 0. The highest BCUT2D eigenvalue weighted by Gasteiger charge is 0.936. The fraction of sp³-hybridized carbons (Fsp3) is 0. The van der Waals surface area contributed by atoms with Crippen LogP contribution in [0.1, 0.15) is 0 Å². The summed E-state index contributed by atoms with van der Waals surface area (Å²) in [7, 11) is 0. The molecule has 36 valence electrons. The van der Waals surface area contributed by atoms with E-state index in [1.165, 1.54) is 23.8 Å². The lowest BCUT2D eigenvalue weighted by Crippen LogP contribution is -0.127. The molecule has 0 fully saturated rings. The summed E-state index contributed by atoms with van der Waals surface area (Å²) in [5.74, 6) is 0. The lowest BCUT2D eigenvalue weighted by molar-refractivity contribution is 6.78. The third kappa shape index (κ3) is 19.3. The third-order valence-electron chi connectivity index (χ3n) is 0. The largest absolute Gasteiger partial charge is 0.107 e. The molecule has 2 unspecified atom stereocenters. The molecule has 0 radical (unpaired) electrons. The van der Waals surface area contributed by atoms with Gasteiger partial charge in [0.15, 0.2) is 0 Å². The Bertz CT molecular complexity index is 8.75. The molecular formula is H5I3P2. The van der Waals surface area contributed by atoms with Gasteiger partial charge in [0.2, 0.25) is 0 Å². The summed E-state index contributed by atoms with van der Waals surface area (Å²) >= 11 is 5.53. The minimum absolute atomic E-state index is 1.40. The summed E-state index contributed by atoms with van der Waals surface area (Å²) in [6.07, 6.45) is 0. The summed E-state index contributed by atoms with van der Waals surface area (Å²) in [6, 6.07) is 0. The third-order valence-corrected chi connectivity index (χ3v) is 0. The molecule has 0 N–H and O–H groups in total. The van der Waals surface area contributed by atoms with E-state index >= 15 is 0 Å². The molecule has 0 amide bonds. The van der Waals surface area contributed by atoms with Crippen molar-refractivity contribution in [1.82, 2.24) is 0 Å². The van der Waals surface area contributed by atoms with Gasteiger partial charge in [-0.1, -0.05) is 57.8 Å². The Balaban J connectivity index is -0.0000000225. The van der Waals surface area contributed by atoms with Crippen LogP contribution in [0.3, 0.4) is 0 Å². The first kappa shape index (κ1) is 10.9. The standard InChI is InChI=1S/2H2IP.HI/c2*1-2;/h2*2H2;1H/i/hD. The van der Waals surface area contributed by atoms with Gasteiger partial charge in [-0.15, -0.1) is 23.8 Å². The zero-order valence-corrected chi connectivity index (χ0v) is 11.1. The average Bonchev–Trinajstić information content (AvgIpc) is 1.81. The van der Waals surface area contributed by atoms with Crippen LogP contribution >= 0.6 is 81.6 Å². The smallest absolute Gasteiger partial charge is 0.107 e. The van der Waals surface area contributed by atoms with Crippen molar-refractivity contribution in [3.05, 3.63) is 0 Å². The Kier molecular flexibility index (Phi) is 60.6. The highest BCUT2D eigenvalue weighted by molar-refractivity contribution is 14.2. The average molecular weight is 449 g/mol. The van der Waals surface area contributed by atoms with E-state index in [9.17, 15) is 0 Å². The second-order valence-electron chi connectivity index (χ2n) is 0. The summed E-state index contributed by atoms with van der Waals surface area (Å²) in [5.41, 5.74) is 0. The van der Waals surface area contributed by atoms with Crippen LogP contribution in [-0.2, 0) is 0 Å². The maximum atomic E-state index is 5.72. The van der Waals surface area contributed by atoms with Crippen LogP contribution in [0, 0.1) is 0 Å². The highest BCUT2D eigenvalue weighted by Crippen LogP contribution is 1.88. The van der Waals surface area contributed by atoms with Gasteiger partial charge in [-0.05, 0) is 0 Å². The summed E-state index contributed by atoms with van der Waals surface area (Å²) in [6.45, 7) is 4.77. The predicted octanol–water partition coefficient (Wildman–Crippen LogP) is 3.04. The van der Waals surface area contributed by atoms with Crippen molar-refractivity contribution >= 4 is 81.6 Å². The summed E-state index contributed by atoms with van der Waals surface area (Å²) < 4.78 is 5.72. The minimum atomic E-state index is 1.40. The summed E-state index contributed by atoms with van der Waals surface area (Å²) in [5, 5.41) is 0. The Morgan fingerprint density at radius 1 is 1.20 bits per heavy atom. The van der Waals surface area contributed by atoms with Crippen molar-refractivity contribution in [1.29, 1.82) is 0.594 Å². The van der Waals surface area contributed by atoms with E-state index in [4.69, 9.17) is 0.594 Å². The van der Waals surface area contributed by atoms with Crippen LogP contribution < -0.4 is 0 Å². The van der Waals surface area contributed by atoms with Crippen LogP contribution in [0.2, 0.25) is 0 Å². The topological polar surface area (TPSA) is 0 Å². The van der Waals surface area contributed by atoms with Crippen molar-refractivity contribution in [3.8, 4) is 0 Å². The van der Waals surface area contributed by atoms with E-state index in [2.05, 4.69) is 57.8 Å². The van der Waals surface area contributed by atoms with Gasteiger partial charge in [-0.3, -0.25) is 0 Å². The summed E-state index contributed by atoms with van der Waals surface area (Å²) in [4.78, 5) is 0. The van der Waals surface area contributed by atoms with E-state index in [0.717, 1.165) is 0 Å². The fourth-order valence-corrected chi connectivity index (χ4v) is 0. The molecule has 0 saturated heterocycles. The van der Waals surface area contributed by atoms with Crippen molar-refractivity contribution in [2.75, 3.05) is 0 Å². The first-order chi connectivity index (χ1) is 3.00. The molecule has 2 atom stereocenters. The molecule has 0 aromatic rings. The van der Waals surface area contributed by atoms with Gasteiger partial charge in [0.1, 0.15) is 0.594 Å². The van der Waals surface area contributed by atoms with E-state index in [1.54, 1.807) is 0 Å². The van der Waals surface area contributed by atoms with Crippen molar-refractivity contribution < 1.29 is 0 Å². The quantitative estimate of drug-likeness (QED) is 0.395. The van der Waals surface area contributed by atoms with Crippen LogP contribution in [0.4, 0.5) is 0 Å². The molecule has 0 heterocycles. The first-order valence-corrected chi connectivity index (χ1v) is 8.78. The minimum Gasteiger partial charge on any atom is -0.107 e. The Morgan fingerprint density at radius 3 is 1.20 bits per heavy atom. The van der Waals surface area contributed by atoms with E-state index in [1.807, 2.05) is 0 Å². The molecule has 5 heteroatoms. The van der Waals surface area contributed by atoms with E-state index in [0.29, 0.717) is 0 Å². The van der Waals surface area contributed by atoms with Gasteiger partial charge in [-0.2, -0.15) is 0 Å². The van der Waals surface area contributed by atoms with Crippen LogP contribution in [-0.4, -0.2) is 0.594 Å². The Hall–Kier alpha value is 3.05. The second kappa shape index (κ2) is 27.7. The predicted molar refractivity (Wildman–Crippen MR) is 62.9 cm³/mol. The SMILES string of the molecule is PI.PI.[2H]I. The molecule has 0 aliphatic rings. The molecule has 0 aromatic carbocycles. The number of hydrogen-bond donors (Lipinski definition) is 0. The molecule has 0 aromatic heterocycles. The molecular weight excluding hydrogens is 443 g/mol. The Labute approximate surface area is 80.9 Å². The molecule has 0 bridgehead atoms. The van der Waals surface area contributed by atoms with Crippen molar-refractivity contribution in [2.45, 2.75) is 0 Å². The molecule has 0 aliphatic carbocycles. The van der Waals surface area contributed by atoms with Gasteiger partial charge in [0.25, 0.3) is 0 Å². The van der Waals surface area contributed by atoms with Gasteiger partial charge in [0, 0.05) is 0 Å². The second-order valence-corrected chi connectivity index (χ2v) is 0. The Morgan fingerprint density at radius 2 is 1.20 bits per heavy atom. The molecule has 0 rings (SSSR count). The van der Waals surface area contributed by atoms with Crippen LogP contribution in [0.5, 0.6) is 0 Å². The lowest BCUT2D eigenvalue weighted by Gasteiger charge is -1.07. The van der Waals surface area contributed by atoms with Gasteiger partial charge in [0.05, 0.1) is 0 Å². The molecule has 5 heavy (non-hydrogen) atoms. The molecule has 0 aliphatic heterocycles. The van der Waals surface area contributed by atoms with Crippen molar-refractivity contribution in [3.63, 3.8) is 0 Å². The lowest BCUT2D eigenvalue weighted by atomic mass is 31.0. The molecule has 0 spiro atoms. The van der Waals surface area contributed by atoms with E-state index in [-0.39, 0.29) is 0 Å². The highest BCUT2D eigenvalue weighted by atomic mass is 127. The zero-order chi connectivity index (χ0) is 6.00. The molecule has 0 nitrogen and oxygen atoms in total. The maximum absolute atomic E-state index is 5.72. The van der Waals surface area contributed by atoms with Crippen LogP contribution in [0.25, 0.3) is 0 Å². The van der Waals surface area contributed by atoms with Gasteiger partial charge >= 0.3 is 0 Å². The first-order valence-electron chi connectivity index (χ1n) is 0.814. The molecule has 0 saturated carbocycles. The number of hydrogen-bond acceptors (Lipinski definition) is 0. The van der Waals surface area contributed by atoms with Gasteiger partial charge in [-0.25, -0.2) is 0 Å². The normalized spacial score (nSPS) is 3.80. The zero-order valence-electron chi connectivity index (χ0n) is 3.29. The van der Waals surface area contributed by atoms with E-state index < -0.39 is 0 Å². The van der Waals surface area contributed by atoms with Crippen molar-refractivity contribution in [2.24, 2.45) is 0 Å². The number of rotatable bonds is 0. The monoisotopic (exact) mass is 449 g/mol. The van der Waals surface area contributed by atoms with Crippen LogP contribution in [0.15, 0.2) is 0 Å². The van der Waals surface area contributed by atoms with Gasteiger partial charge < -0.3 is 0 Å². The number of halogens is 3.